The molecule has 0 fully saturated rings. The molecule has 0 bridgehead atoms. The zero-order chi connectivity index (χ0) is 26.9. The molecule has 3 N–H and O–H groups in total. The summed E-state index contributed by atoms with van der Waals surface area (Å²) in [6.45, 7) is 3.12. The van der Waals surface area contributed by atoms with Crippen LogP contribution in [0.25, 0.3) is 11.4 Å². The average molecular weight is 528 g/mol. The van der Waals surface area contributed by atoms with Crippen molar-refractivity contribution in [3.05, 3.63) is 59.0 Å². The lowest BCUT2D eigenvalue weighted by Crippen LogP contribution is -2.32. The van der Waals surface area contributed by atoms with E-state index in [-0.39, 0.29) is 46.2 Å². The largest absolute Gasteiger partial charge is 0.506 e. The van der Waals surface area contributed by atoms with E-state index in [0.29, 0.717) is 0 Å². The summed E-state index contributed by atoms with van der Waals surface area (Å²) in [6, 6.07) is 6.12. The van der Waals surface area contributed by atoms with Gasteiger partial charge >= 0.3 is 0 Å². The summed E-state index contributed by atoms with van der Waals surface area (Å²) in [5, 5.41) is 32.4. The molecule has 14 heteroatoms. The quantitative estimate of drug-likeness (QED) is 0.369. The number of aliphatic imine (C=N–C) groups is 1. The minimum absolute atomic E-state index is 0.0150. The standard InChI is InChI=1S/C23H25N7O6S/c1-13-12-16(27-29(13)3)21(32)14(2)37(33,34)28-23-26-25-22(15-8-6-11-19(24-15)36-5)30(23)20-17(31)9-7-10-18(20)35-4/h7,9-12,14,21,31-32H,1-5H3,(H,26,28)/t14-,21-/m1/s1. The molecule has 2 atom stereocenters. The number of sulfonamides is 1. The average Bonchev–Trinajstić information content (AvgIpc) is 3.44. The Morgan fingerprint density at radius 2 is 1.95 bits per heavy atom. The molecular weight excluding hydrogens is 502 g/mol. The van der Waals surface area contributed by atoms with Crippen LogP contribution >= 0.6 is 0 Å². The maximum absolute atomic E-state index is 13.3. The second-order valence-corrected chi connectivity index (χ2v) is 10.1. The van der Waals surface area contributed by atoms with E-state index in [9.17, 15) is 18.6 Å². The summed E-state index contributed by atoms with van der Waals surface area (Å²) >= 11 is 0. The van der Waals surface area contributed by atoms with Gasteiger partial charge in [-0.1, -0.05) is 11.8 Å². The van der Waals surface area contributed by atoms with Crippen molar-refractivity contribution in [2.45, 2.75) is 25.2 Å². The number of rotatable bonds is 8. The van der Waals surface area contributed by atoms with Gasteiger partial charge in [0.25, 0.3) is 0 Å². The molecule has 1 aromatic carbocycles. The number of nitrogens with zero attached hydrogens (tertiary/aromatic N) is 6. The van der Waals surface area contributed by atoms with Crippen LogP contribution < -0.4 is 9.46 Å². The van der Waals surface area contributed by atoms with Crippen LogP contribution in [0.2, 0.25) is 0 Å². The summed E-state index contributed by atoms with van der Waals surface area (Å²) < 4.78 is 42.4. The van der Waals surface area contributed by atoms with Crippen molar-refractivity contribution in [1.82, 2.24) is 24.5 Å². The molecule has 194 valence electrons. The van der Waals surface area contributed by atoms with E-state index in [1.807, 2.05) is 0 Å². The number of anilines is 1. The first-order valence-electron chi connectivity index (χ1n) is 10.9. The van der Waals surface area contributed by atoms with Crippen LogP contribution in [0.15, 0.2) is 46.8 Å². The van der Waals surface area contributed by atoms with Crippen molar-refractivity contribution in [2.75, 3.05) is 18.9 Å². The Kier molecular flexibility index (Phi) is 6.92. The van der Waals surface area contributed by atoms with Gasteiger partial charge in [-0.05, 0) is 37.8 Å². The first kappa shape index (κ1) is 25.7. The molecule has 0 saturated heterocycles. The van der Waals surface area contributed by atoms with Crippen molar-refractivity contribution < 1.29 is 28.1 Å². The molecule has 0 aliphatic carbocycles. The monoisotopic (exact) mass is 527 g/mol. The van der Waals surface area contributed by atoms with Gasteiger partial charge in [-0.25, -0.2) is 13.4 Å². The highest BCUT2D eigenvalue weighted by atomic mass is 32.2. The van der Waals surface area contributed by atoms with Crippen LogP contribution in [-0.4, -0.2) is 68.5 Å². The second-order valence-electron chi connectivity index (χ2n) is 8.06. The Morgan fingerprint density at radius 1 is 1.19 bits per heavy atom. The molecule has 37 heavy (non-hydrogen) atoms. The number of aryl methyl sites for hydroxylation is 2. The smallest absolute Gasteiger partial charge is 0.243 e. The van der Waals surface area contributed by atoms with E-state index in [4.69, 9.17) is 9.47 Å². The van der Waals surface area contributed by atoms with Crippen LogP contribution in [0.1, 0.15) is 30.2 Å². The Balaban J connectivity index is 1.83. The number of aromatic nitrogens is 5. The van der Waals surface area contributed by atoms with Crippen LogP contribution in [0.3, 0.4) is 0 Å². The number of aliphatic hydroxyl groups excluding tert-OH is 1. The van der Waals surface area contributed by atoms with Crippen LogP contribution in [-0.2, 0) is 21.8 Å². The zero-order valence-corrected chi connectivity index (χ0v) is 21.5. The number of aromatic hydroxyl groups is 1. The first-order chi connectivity index (χ1) is 17.6. The number of ether oxygens (including phenoxy) is 2. The molecule has 3 aromatic rings. The number of hydrogen-bond donors (Lipinski definition) is 3. The van der Waals surface area contributed by atoms with E-state index in [2.05, 4.69) is 36.5 Å². The molecule has 13 nitrogen and oxygen atoms in total. The van der Waals surface area contributed by atoms with Crippen molar-refractivity contribution >= 4 is 27.6 Å². The zero-order valence-electron chi connectivity index (χ0n) is 20.7. The minimum atomic E-state index is -4.27. The van der Waals surface area contributed by atoms with Gasteiger partial charge in [-0.2, -0.15) is 5.10 Å². The van der Waals surface area contributed by atoms with Crippen molar-refractivity contribution in [2.24, 2.45) is 12.0 Å². The fraction of sp³-hybridized carbons (Fsp3) is 0.304. The molecule has 1 aliphatic rings. The molecule has 3 heterocycles. The minimum Gasteiger partial charge on any atom is -0.506 e. The van der Waals surface area contributed by atoms with Crippen LogP contribution in [0.4, 0.5) is 5.95 Å². The lowest BCUT2D eigenvalue weighted by Gasteiger charge is -2.20. The number of benzene rings is 1. The number of hydrogen-bond acceptors (Lipinski definition) is 10. The van der Waals surface area contributed by atoms with Gasteiger partial charge in [0.15, 0.2) is 11.5 Å². The molecule has 0 radical (unpaired) electrons. The Bertz CT molecular complexity index is 1570. The van der Waals surface area contributed by atoms with Crippen molar-refractivity contribution in [3.63, 3.8) is 0 Å². The summed E-state index contributed by atoms with van der Waals surface area (Å²) in [5.41, 5.74) is 6.65. The number of aliphatic hydroxyl groups is 1. The molecule has 2 aromatic heterocycles. The van der Waals surface area contributed by atoms with Gasteiger partial charge in [0, 0.05) is 12.7 Å². The first-order valence-corrected chi connectivity index (χ1v) is 12.5. The fourth-order valence-electron chi connectivity index (χ4n) is 3.53. The summed E-state index contributed by atoms with van der Waals surface area (Å²) in [4.78, 5) is 4.27. The lowest BCUT2D eigenvalue weighted by molar-refractivity contribution is 0.170. The fourth-order valence-corrected chi connectivity index (χ4v) is 4.58. The number of phenols is 1. The maximum Gasteiger partial charge on any atom is 0.243 e. The predicted octanol–water partition coefficient (Wildman–Crippen LogP) is 1.60. The van der Waals surface area contributed by atoms with Gasteiger partial charge in [-0.3, -0.25) is 14.0 Å². The van der Waals surface area contributed by atoms with Crippen LogP contribution in [0, 0.1) is 6.92 Å². The number of phenolic OH excluding ortho intramolecular Hbond substituents is 1. The van der Waals surface area contributed by atoms with E-state index in [1.165, 1.54) is 42.5 Å². The van der Waals surface area contributed by atoms with E-state index < -0.39 is 21.4 Å². The Morgan fingerprint density at radius 3 is 2.59 bits per heavy atom. The molecular formula is C23H25N7O6S. The van der Waals surface area contributed by atoms with E-state index in [0.717, 1.165) is 5.69 Å². The van der Waals surface area contributed by atoms with Crippen LogP contribution in [0.5, 0.6) is 11.5 Å². The Labute approximate surface area is 212 Å². The Hall–Kier alpha value is -4.35. The molecule has 1 aliphatic heterocycles. The molecule has 0 unspecified atom stereocenters. The number of para-hydroxylation sites is 1. The third-order valence-electron chi connectivity index (χ3n) is 5.72. The predicted molar refractivity (Wildman–Crippen MR) is 134 cm³/mol. The number of nitrogens with one attached hydrogen (secondary N) is 1. The maximum atomic E-state index is 13.3. The highest BCUT2D eigenvalue weighted by molar-refractivity contribution is 7.93. The third-order valence-corrected chi connectivity index (χ3v) is 7.42. The summed E-state index contributed by atoms with van der Waals surface area (Å²) in [7, 11) is 0.236. The second kappa shape index (κ2) is 9.96. The van der Waals surface area contributed by atoms with Crippen molar-refractivity contribution in [1.29, 1.82) is 0 Å². The van der Waals surface area contributed by atoms with E-state index >= 15 is 0 Å². The topological polar surface area (TPSA) is 166 Å². The van der Waals surface area contributed by atoms with Gasteiger partial charge in [0.1, 0.15) is 28.5 Å². The third kappa shape index (κ3) is 4.86. The normalized spacial score (nSPS) is 14.6. The van der Waals surface area contributed by atoms with Gasteiger partial charge in [0.05, 0.1) is 26.0 Å². The molecule has 0 saturated carbocycles. The molecule has 0 amide bonds. The van der Waals surface area contributed by atoms with Gasteiger partial charge in [0.2, 0.25) is 21.9 Å². The highest BCUT2D eigenvalue weighted by Crippen LogP contribution is 2.36. The van der Waals surface area contributed by atoms with Gasteiger partial charge in [-0.15, -0.1) is 10.2 Å². The SMILES string of the molecule is COC1=NC(c2nnc(NS(=O)(=O)[C@H](C)[C@@H](O)c3cc(C)n(C)n3)n2-c2c(O)cccc2OC)=C=C=C1. The van der Waals surface area contributed by atoms with Crippen molar-refractivity contribution in [3.8, 4) is 17.2 Å². The molecule has 0 spiro atoms. The summed E-state index contributed by atoms with van der Waals surface area (Å²) in [6.07, 6.45) is 0.0208. The molecule has 4 rings (SSSR count). The summed E-state index contributed by atoms with van der Waals surface area (Å²) in [5.74, 6) is -0.113. The van der Waals surface area contributed by atoms with Gasteiger partial charge < -0.3 is 19.7 Å². The highest BCUT2D eigenvalue weighted by Gasteiger charge is 2.34. The number of methoxy groups -OCH3 is 2. The van der Waals surface area contributed by atoms with E-state index in [1.54, 1.807) is 32.2 Å². The lowest BCUT2D eigenvalue weighted by atomic mass is 10.2.